The molecule has 286 valence electrons. The first-order chi connectivity index (χ1) is 25.2. The summed E-state index contributed by atoms with van der Waals surface area (Å²) in [6.45, 7) is -0.304. The Labute approximate surface area is 305 Å². The molecule has 18 nitrogen and oxygen atoms in total. The van der Waals surface area contributed by atoms with Crippen molar-refractivity contribution in [1.29, 1.82) is 0 Å². The second kappa shape index (κ2) is 20.7. The number of carboxylic acid groups (broad SMARTS) is 2. The van der Waals surface area contributed by atoms with Crippen LogP contribution in [0.5, 0.6) is 0 Å². The van der Waals surface area contributed by atoms with E-state index in [4.69, 9.17) is 17.2 Å². The van der Waals surface area contributed by atoms with E-state index in [1.54, 1.807) is 30.3 Å². The first kappa shape index (κ1) is 41.4. The SMILES string of the molecule is NC(N)=NCCCC(NC(=O)C1CCCN1C(=O)C(N)Cc1ccccc1)C(=O)NCC(=O)NC(CC(=O)O)C(=O)NC(Cc1ccccc1)C(=O)O. The molecular weight excluding hydrogens is 690 g/mol. The smallest absolute Gasteiger partial charge is 0.326 e. The van der Waals surface area contributed by atoms with Crippen LogP contribution in [0.3, 0.4) is 0 Å². The highest BCUT2D eigenvalue weighted by Gasteiger charge is 2.37. The first-order valence-corrected chi connectivity index (χ1v) is 17.1. The van der Waals surface area contributed by atoms with E-state index in [-0.39, 0.29) is 38.2 Å². The molecule has 0 spiro atoms. The van der Waals surface area contributed by atoms with Gasteiger partial charge in [-0.3, -0.25) is 33.8 Å². The maximum absolute atomic E-state index is 13.5. The zero-order valence-electron chi connectivity index (χ0n) is 29.1. The molecule has 53 heavy (non-hydrogen) atoms. The molecule has 1 aliphatic rings. The molecule has 0 radical (unpaired) electrons. The van der Waals surface area contributed by atoms with Gasteiger partial charge in [-0.2, -0.15) is 0 Å². The van der Waals surface area contributed by atoms with Gasteiger partial charge in [0.1, 0.15) is 24.2 Å². The van der Waals surface area contributed by atoms with Crippen LogP contribution in [-0.4, -0.2) is 112 Å². The van der Waals surface area contributed by atoms with Crippen molar-refractivity contribution in [3.05, 3.63) is 71.8 Å². The number of carboxylic acids is 2. The Bertz CT molecular complexity index is 1620. The van der Waals surface area contributed by atoms with Gasteiger partial charge in [-0.05, 0) is 43.2 Å². The lowest BCUT2D eigenvalue weighted by molar-refractivity contribution is -0.143. The largest absolute Gasteiger partial charge is 0.481 e. The van der Waals surface area contributed by atoms with Gasteiger partial charge in [0.25, 0.3) is 0 Å². The van der Waals surface area contributed by atoms with Gasteiger partial charge < -0.3 is 53.6 Å². The second-order valence-electron chi connectivity index (χ2n) is 12.5. The van der Waals surface area contributed by atoms with Crippen LogP contribution in [0.2, 0.25) is 0 Å². The van der Waals surface area contributed by atoms with Gasteiger partial charge in [0, 0.05) is 19.5 Å². The predicted molar refractivity (Wildman–Crippen MR) is 192 cm³/mol. The third-order valence-electron chi connectivity index (χ3n) is 8.38. The maximum atomic E-state index is 13.5. The summed E-state index contributed by atoms with van der Waals surface area (Å²) < 4.78 is 0. The summed E-state index contributed by atoms with van der Waals surface area (Å²) in [6, 6.07) is 11.5. The highest BCUT2D eigenvalue weighted by atomic mass is 16.4. The summed E-state index contributed by atoms with van der Waals surface area (Å²) in [6.07, 6.45) is 0.437. The van der Waals surface area contributed by atoms with E-state index in [0.29, 0.717) is 24.9 Å². The Morgan fingerprint density at radius 1 is 0.811 bits per heavy atom. The Balaban J connectivity index is 1.64. The van der Waals surface area contributed by atoms with E-state index < -0.39 is 84.6 Å². The van der Waals surface area contributed by atoms with Gasteiger partial charge >= 0.3 is 11.9 Å². The molecule has 0 aromatic heterocycles. The van der Waals surface area contributed by atoms with Gasteiger partial charge in [0.2, 0.25) is 29.5 Å². The Hall–Kier alpha value is -6.04. The number of benzene rings is 2. The lowest BCUT2D eigenvalue weighted by Crippen LogP contribution is -2.57. The highest BCUT2D eigenvalue weighted by molar-refractivity contribution is 5.96. The number of hydrogen-bond acceptors (Lipinski definition) is 9. The van der Waals surface area contributed by atoms with Crippen LogP contribution < -0.4 is 38.5 Å². The van der Waals surface area contributed by atoms with Crippen molar-refractivity contribution >= 4 is 47.4 Å². The molecule has 1 heterocycles. The molecule has 3 rings (SSSR count). The average Bonchev–Trinajstić information content (AvgIpc) is 3.62. The number of nitrogens with one attached hydrogen (secondary N) is 4. The third-order valence-corrected chi connectivity index (χ3v) is 8.38. The molecular formula is C35H47N9O9. The van der Waals surface area contributed by atoms with Crippen molar-refractivity contribution in [3.63, 3.8) is 0 Å². The fourth-order valence-corrected chi connectivity index (χ4v) is 5.75. The van der Waals surface area contributed by atoms with Gasteiger partial charge in [-0.15, -0.1) is 0 Å². The predicted octanol–water partition coefficient (Wildman–Crippen LogP) is -2.03. The fraction of sp³-hybridized carbons (Fsp3) is 0.429. The summed E-state index contributed by atoms with van der Waals surface area (Å²) in [5.74, 6) is -6.81. The summed E-state index contributed by atoms with van der Waals surface area (Å²) in [4.78, 5) is 94.5. The van der Waals surface area contributed by atoms with Crippen molar-refractivity contribution in [2.24, 2.45) is 22.2 Å². The van der Waals surface area contributed by atoms with Crippen molar-refractivity contribution in [1.82, 2.24) is 26.2 Å². The van der Waals surface area contributed by atoms with Gasteiger partial charge in [0.05, 0.1) is 19.0 Å². The molecule has 5 atom stereocenters. The Kier molecular flexibility index (Phi) is 16.2. The van der Waals surface area contributed by atoms with E-state index in [9.17, 15) is 43.8 Å². The van der Waals surface area contributed by atoms with Crippen LogP contribution in [0.15, 0.2) is 65.7 Å². The first-order valence-electron chi connectivity index (χ1n) is 17.1. The number of amides is 5. The van der Waals surface area contributed by atoms with Gasteiger partial charge in [0.15, 0.2) is 5.96 Å². The number of aliphatic imine (C=N–C) groups is 1. The fourth-order valence-electron chi connectivity index (χ4n) is 5.75. The normalized spacial score (nSPS) is 15.9. The molecule has 18 heteroatoms. The standard InChI is InChI=1S/C35H47N9O9/c36-23(17-21-9-3-1-4-10-21)33(51)44-16-8-14-27(44)32(50)42-24(13-7-15-39-35(37)38)30(48)40-20-28(45)41-25(19-29(46)47)31(49)43-26(34(52)53)18-22-11-5-2-6-12-22/h1-6,9-12,23-27H,7-8,13-20,36H2,(H,40,48)(H,41,45)(H,42,50)(H,43,49)(H,46,47)(H,52,53)(H4,37,38,39). The summed E-state index contributed by atoms with van der Waals surface area (Å²) in [7, 11) is 0. The van der Waals surface area contributed by atoms with Crippen LogP contribution in [-0.2, 0) is 46.4 Å². The van der Waals surface area contributed by atoms with Crippen LogP contribution in [0, 0.1) is 0 Å². The van der Waals surface area contributed by atoms with Gasteiger partial charge in [-0.1, -0.05) is 60.7 Å². The van der Waals surface area contributed by atoms with Crippen LogP contribution >= 0.6 is 0 Å². The van der Waals surface area contributed by atoms with Crippen molar-refractivity contribution in [3.8, 4) is 0 Å². The number of guanidine groups is 1. The van der Waals surface area contributed by atoms with E-state index in [1.165, 1.54) is 4.90 Å². The molecule has 1 saturated heterocycles. The number of nitrogens with zero attached hydrogens (tertiary/aromatic N) is 2. The third kappa shape index (κ3) is 13.9. The number of hydrogen-bond donors (Lipinski definition) is 9. The van der Waals surface area contributed by atoms with Crippen LogP contribution in [0.1, 0.15) is 43.2 Å². The zero-order chi connectivity index (χ0) is 38.9. The Morgan fingerprint density at radius 2 is 1.43 bits per heavy atom. The Morgan fingerprint density at radius 3 is 2.02 bits per heavy atom. The molecule has 1 fully saturated rings. The number of rotatable bonds is 20. The number of carbonyl (C=O) groups is 7. The average molecular weight is 738 g/mol. The molecule has 0 aliphatic carbocycles. The molecule has 5 unspecified atom stereocenters. The van der Waals surface area contributed by atoms with E-state index in [2.05, 4.69) is 26.3 Å². The highest BCUT2D eigenvalue weighted by Crippen LogP contribution is 2.20. The van der Waals surface area contributed by atoms with Gasteiger partial charge in [-0.25, -0.2) is 4.79 Å². The van der Waals surface area contributed by atoms with Crippen molar-refractivity contribution in [2.75, 3.05) is 19.6 Å². The molecule has 0 saturated carbocycles. The number of likely N-dealkylation sites (tertiary alicyclic amines) is 1. The second-order valence-corrected chi connectivity index (χ2v) is 12.5. The van der Waals surface area contributed by atoms with Crippen molar-refractivity contribution < 1.29 is 43.8 Å². The minimum absolute atomic E-state index is 0.0339. The number of nitrogens with two attached hydrogens (primary N) is 3. The van der Waals surface area contributed by atoms with Crippen LogP contribution in [0.25, 0.3) is 0 Å². The van der Waals surface area contributed by atoms with Crippen molar-refractivity contribution in [2.45, 2.75) is 75.2 Å². The number of carbonyl (C=O) groups excluding carboxylic acids is 5. The lowest BCUT2D eigenvalue weighted by Gasteiger charge is -2.28. The summed E-state index contributed by atoms with van der Waals surface area (Å²) >= 11 is 0. The minimum atomic E-state index is -1.68. The van der Waals surface area contributed by atoms with E-state index >= 15 is 0 Å². The molecule has 5 amide bonds. The quantitative estimate of drug-likeness (QED) is 0.0404. The molecule has 1 aliphatic heterocycles. The lowest BCUT2D eigenvalue weighted by atomic mass is 10.0. The van der Waals surface area contributed by atoms with E-state index in [1.807, 2.05) is 30.3 Å². The van der Waals surface area contributed by atoms with Crippen LogP contribution in [0.4, 0.5) is 0 Å². The maximum Gasteiger partial charge on any atom is 0.326 e. The zero-order valence-corrected chi connectivity index (χ0v) is 29.1. The number of aliphatic carboxylic acids is 2. The summed E-state index contributed by atoms with van der Waals surface area (Å²) in [5, 5.41) is 28.5. The minimum Gasteiger partial charge on any atom is -0.481 e. The molecule has 0 bridgehead atoms. The molecule has 12 N–H and O–H groups in total. The topological polar surface area (TPSA) is 302 Å². The van der Waals surface area contributed by atoms with E-state index in [0.717, 1.165) is 5.56 Å². The molecule has 2 aromatic rings. The monoisotopic (exact) mass is 737 g/mol. The molecule has 2 aromatic carbocycles. The summed E-state index contributed by atoms with van der Waals surface area (Å²) in [5.41, 5.74) is 18.5.